The number of nitrogens with one attached hydrogen (secondary N) is 1. The maximum atomic E-state index is 13.2. The van der Waals surface area contributed by atoms with Crippen LogP contribution in [0.4, 0.5) is 0 Å². The lowest BCUT2D eigenvalue weighted by Gasteiger charge is -2.30. The van der Waals surface area contributed by atoms with Gasteiger partial charge in [0.1, 0.15) is 6.04 Å². The standard InChI is InChI=1S/C24H27Cl3N2O2S/c1-16(24(31)28-19-7-3-4-8-19)29(13-17-10-11-21(26)22(27)12-17)23(30)15-32-14-18-6-2-5-9-20(18)25/h2,5-6,9-12,16,19H,3-4,7-8,13-15H2,1H3,(H,28,31)/t16-/m0/s1. The summed E-state index contributed by atoms with van der Waals surface area (Å²) in [6, 6.07) is 12.5. The fourth-order valence-corrected chi connectivity index (χ4v) is 5.27. The van der Waals surface area contributed by atoms with Gasteiger partial charge in [-0.05, 0) is 49.1 Å². The Balaban J connectivity index is 1.69. The predicted octanol–water partition coefficient (Wildman–Crippen LogP) is 6.36. The van der Waals surface area contributed by atoms with Crippen molar-refractivity contribution in [1.82, 2.24) is 10.2 Å². The SMILES string of the molecule is C[C@@H](C(=O)NC1CCCC1)N(Cc1ccc(Cl)c(Cl)c1)C(=O)CSCc1ccccc1Cl. The van der Waals surface area contributed by atoms with Gasteiger partial charge >= 0.3 is 0 Å². The fourth-order valence-electron chi connectivity index (χ4n) is 3.76. The second kappa shape index (κ2) is 12.2. The lowest BCUT2D eigenvalue weighted by molar-refractivity contribution is -0.138. The second-order valence-corrected chi connectivity index (χ2v) is 10.2. The Hall–Kier alpha value is -1.40. The van der Waals surface area contributed by atoms with E-state index in [1.807, 2.05) is 30.3 Å². The van der Waals surface area contributed by atoms with Crippen molar-refractivity contribution in [3.8, 4) is 0 Å². The number of hydrogen-bond acceptors (Lipinski definition) is 3. The van der Waals surface area contributed by atoms with Crippen LogP contribution in [-0.2, 0) is 21.9 Å². The average Bonchev–Trinajstić information content (AvgIpc) is 3.28. The molecule has 8 heteroatoms. The summed E-state index contributed by atoms with van der Waals surface area (Å²) in [5.41, 5.74) is 1.80. The minimum absolute atomic E-state index is 0.109. The average molecular weight is 514 g/mol. The van der Waals surface area contributed by atoms with Crippen molar-refractivity contribution in [2.45, 2.75) is 57.0 Å². The first-order valence-corrected chi connectivity index (χ1v) is 13.0. The van der Waals surface area contributed by atoms with Gasteiger partial charge in [-0.25, -0.2) is 0 Å². The normalized spacial score (nSPS) is 14.9. The van der Waals surface area contributed by atoms with Gasteiger partial charge in [-0.1, -0.05) is 71.9 Å². The van der Waals surface area contributed by atoms with Crippen LogP contribution < -0.4 is 5.32 Å². The van der Waals surface area contributed by atoms with Gasteiger partial charge in [0.15, 0.2) is 0 Å². The first-order valence-electron chi connectivity index (χ1n) is 10.7. The monoisotopic (exact) mass is 512 g/mol. The first-order chi connectivity index (χ1) is 15.3. The zero-order valence-corrected chi connectivity index (χ0v) is 21.0. The Labute approximate surface area is 209 Å². The largest absolute Gasteiger partial charge is 0.352 e. The zero-order chi connectivity index (χ0) is 23.1. The van der Waals surface area contributed by atoms with Gasteiger partial charge in [0.2, 0.25) is 11.8 Å². The van der Waals surface area contributed by atoms with Gasteiger partial charge < -0.3 is 10.2 Å². The third-order valence-corrected chi connectivity index (χ3v) is 7.72. The minimum Gasteiger partial charge on any atom is -0.352 e. The number of thioether (sulfide) groups is 1. The lowest BCUT2D eigenvalue weighted by atomic mass is 10.1. The molecule has 3 rings (SSSR count). The van der Waals surface area contributed by atoms with E-state index in [0.29, 0.717) is 20.8 Å². The maximum Gasteiger partial charge on any atom is 0.242 e. The molecule has 0 radical (unpaired) electrons. The Kier molecular flexibility index (Phi) is 9.60. The van der Waals surface area contributed by atoms with Crippen molar-refractivity contribution >= 4 is 58.4 Å². The predicted molar refractivity (Wildman–Crippen MR) is 134 cm³/mol. The highest BCUT2D eigenvalue weighted by molar-refractivity contribution is 7.99. The summed E-state index contributed by atoms with van der Waals surface area (Å²) in [6.45, 7) is 2.06. The molecule has 0 heterocycles. The molecule has 172 valence electrons. The van der Waals surface area contributed by atoms with E-state index in [4.69, 9.17) is 34.8 Å². The van der Waals surface area contributed by atoms with E-state index in [1.165, 1.54) is 11.8 Å². The van der Waals surface area contributed by atoms with Crippen LogP contribution in [0.3, 0.4) is 0 Å². The number of carbonyl (C=O) groups excluding carboxylic acids is 2. The highest BCUT2D eigenvalue weighted by atomic mass is 35.5. The molecule has 1 aliphatic carbocycles. The Morgan fingerprint density at radius 2 is 1.78 bits per heavy atom. The minimum atomic E-state index is -0.599. The summed E-state index contributed by atoms with van der Waals surface area (Å²) < 4.78 is 0. The topological polar surface area (TPSA) is 49.4 Å². The van der Waals surface area contributed by atoms with E-state index >= 15 is 0 Å². The van der Waals surface area contributed by atoms with E-state index in [0.717, 1.165) is 36.8 Å². The molecule has 0 saturated heterocycles. The number of nitrogens with zero attached hydrogens (tertiary/aromatic N) is 1. The van der Waals surface area contributed by atoms with Crippen molar-refractivity contribution in [1.29, 1.82) is 0 Å². The number of rotatable bonds is 9. The number of carbonyl (C=O) groups is 2. The van der Waals surface area contributed by atoms with Crippen LogP contribution in [0.2, 0.25) is 15.1 Å². The van der Waals surface area contributed by atoms with Gasteiger partial charge in [0, 0.05) is 23.4 Å². The van der Waals surface area contributed by atoms with Crippen molar-refractivity contribution in [2.75, 3.05) is 5.75 Å². The molecule has 1 fully saturated rings. The number of benzene rings is 2. The van der Waals surface area contributed by atoms with Crippen LogP contribution in [0, 0.1) is 0 Å². The molecule has 2 aromatic rings. The molecule has 32 heavy (non-hydrogen) atoms. The van der Waals surface area contributed by atoms with Crippen LogP contribution in [0.5, 0.6) is 0 Å². The van der Waals surface area contributed by atoms with E-state index in [-0.39, 0.29) is 30.2 Å². The summed E-state index contributed by atoms with van der Waals surface area (Å²) in [4.78, 5) is 27.7. The molecule has 0 spiro atoms. The first kappa shape index (κ1) is 25.2. The van der Waals surface area contributed by atoms with Crippen LogP contribution in [-0.4, -0.2) is 34.6 Å². The van der Waals surface area contributed by atoms with Gasteiger partial charge in [0.05, 0.1) is 15.8 Å². The Morgan fingerprint density at radius 3 is 2.47 bits per heavy atom. The molecule has 1 atom stereocenters. The molecule has 0 aromatic heterocycles. The second-order valence-electron chi connectivity index (χ2n) is 8.02. The quantitative estimate of drug-likeness (QED) is 0.425. The molecule has 0 bridgehead atoms. The third kappa shape index (κ3) is 7.05. The van der Waals surface area contributed by atoms with Crippen molar-refractivity contribution in [3.63, 3.8) is 0 Å². The van der Waals surface area contributed by atoms with E-state index in [9.17, 15) is 9.59 Å². The van der Waals surface area contributed by atoms with E-state index in [1.54, 1.807) is 24.0 Å². The molecule has 2 aromatic carbocycles. The van der Waals surface area contributed by atoms with Crippen LogP contribution >= 0.6 is 46.6 Å². The molecular formula is C24H27Cl3N2O2S. The molecule has 1 N–H and O–H groups in total. The molecule has 4 nitrogen and oxygen atoms in total. The molecular weight excluding hydrogens is 487 g/mol. The summed E-state index contributed by atoms with van der Waals surface area (Å²) in [7, 11) is 0. The summed E-state index contributed by atoms with van der Waals surface area (Å²) in [6.07, 6.45) is 4.24. The van der Waals surface area contributed by atoms with Crippen LogP contribution in [0.25, 0.3) is 0 Å². The van der Waals surface area contributed by atoms with E-state index in [2.05, 4.69) is 5.32 Å². The molecule has 2 amide bonds. The number of halogens is 3. The van der Waals surface area contributed by atoms with Gasteiger partial charge in [-0.3, -0.25) is 9.59 Å². The smallest absolute Gasteiger partial charge is 0.242 e. The molecule has 0 unspecified atom stereocenters. The number of amides is 2. The highest BCUT2D eigenvalue weighted by Gasteiger charge is 2.28. The Bertz CT molecular complexity index is 951. The van der Waals surface area contributed by atoms with Crippen LogP contribution in [0.1, 0.15) is 43.7 Å². The summed E-state index contributed by atoms with van der Waals surface area (Å²) in [5.74, 6) is 0.631. The molecule has 0 aliphatic heterocycles. The number of hydrogen-bond donors (Lipinski definition) is 1. The third-order valence-electron chi connectivity index (χ3n) is 5.65. The molecule has 1 saturated carbocycles. The maximum absolute atomic E-state index is 13.2. The summed E-state index contributed by atoms with van der Waals surface area (Å²) in [5, 5.41) is 4.67. The highest BCUT2D eigenvalue weighted by Crippen LogP contribution is 2.25. The lowest BCUT2D eigenvalue weighted by Crippen LogP contribution is -2.50. The summed E-state index contributed by atoms with van der Waals surface area (Å²) >= 11 is 19.9. The van der Waals surface area contributed by atoms with Crippen molar-refractivity contribution in [3.05, 3.63) is 68.7 Å². The van der Waals surface area contributed by atoms with Gasteiger partial charge in [-0.2, -0.15) is 0 Å². The Morgan fingerprint density at radius 1 is 1.06 bits per heavy atom. The van der Waals surface area contributed by atoms with Gasteiger partial charge in [-0.15, -0.1) is 11.8 Å². The molecule has 1 aliphatic rings. The van der Waals surface area contributed by atoms with Crippen LogP contribution in [0.15, 0.2) is 42.5 Å². The zero-order valence-electron chi connectivity index (χ0n) is 18.0. The van der Waals surface area contributed by atoms with Crippen molar-refractivity contribution < 1.29 is 9.59 Å². The van der Waals surface area contributed by atoms with Crippen molar-refractivity contribution in [2.24, 2.45) is 0 Å². The fraction of sp³-hybridized carbons (Fsp3) is 0.417. The van der Waals surface area contributed by atoms with Gasteiger partial charge in [0.25, 0.3) is 0 Å². The van der Waals surface area contributed by atoms with E-state index < -0.39 is 6.04 Å².